The molecule has 2 fully saturated rings. The number of nitrogens with one attached hydrogen (secondary N) is 1. The first-order chi connectivity index (χ1) is 14.2. The molecule has 0 unspecified atom stereocenters. The van der Waals surface area contributed by atoms with Gasteiger partial charge < -0.3 is 10.1 Å². The molecule has 0 spiro atoms. The summed E-state index contributed by atoms with van der Waals surface area (Å²) in [5, 5.41) is 2.76. The molecule has 1 aromatic rings. The van der Waals surface area contributed by atoms with Gasteiger partial charge in [0.1, 0.15) is 0 Å². The number of carbonyl (C=O) groups excluding carboxylic acids is 1. The van der Waals surface area contributed by atoms with Gasteiger partial charge in [-0.05, 0) is 31.2 Å². The van der Waals surface area contributed by atoms with Gasteiger partial charge in [-0.1, -0.05) is 0 Å². The lowest BCUT2D eigenvalue weighted by Crippen LogP contribution is -2.50. The van der Waals surface area contributed by atoms with Crippen LogP contribution in [-0.2, 0) is 29.6 Å². The van der Waals surface area contributed by atoms with Crippen LogP contribution in [0.15, 0.2) is 29.2 Å². The standard InChI is InChI=1S/C18H28N4O6S2/c1-2-29(24,25)21-9-7-20(8-10-21)15-18(23)19-16-3-5-17(6-4-16)30(26,27)22-11-13-28-14-12-22/h3-6H,2,7-15H2,1H3,(H,19,23). The molecule has 0 atom stereocenters. The fraction of sp³-hybridized carbons (Fsp3) is 0.611. The Hall–Kier alpha value is -1.57. The van der Waals surface area contributed by atoms with Gasteiger partial charge in [0.05, 0.1) is 30.4 Å². The molecule has 0 aliphatic carbocycles. The molecule has 0 saturated carbocycles. The molecule has 2 heterocycles. The summed E-state index contributed by atoms with van der Waals surface area (Å²) in [4.78, 5) is 14.4. The zero-order valence-corrected chi connectivity index (χ0v) is 18.6. The number of benzene rings is 1. The first kappa shape index (κ1) is 23.1. The molecule has 2 saturated heterocycles. The highest BCUT2D eigenvalue weighted by Gasteiger charge is 2.27. The number of carbonyl (C=O) groups is 1. The Morgan fingerprint density at radius 1 is 0.933 bits per heavy atom. The molecule has 1 N–H and O–H groups in total. The highest BCUT2D eigenvalue weighted by Crippen LogP contribution is 2.19. The van der Waals surface area contributed by atoms with Crippen LogP contribution in [0.4, 0.5) is 5.69 Å². The number of amides is 1. The monoisotopic (exact) mass is 460 g/mol. The Morgan fingerprint density at radius 3 is 2.10 bits per heavy atom. The summed E-state index contributed by atoms with van der Waals surface area (Å²) in [6.45, 7) is 4.90. The summed E-state index contributed by atoms with van der Waals surface area (Å²) >= 11 is 0. The average Bonchev–Trinajstić information content (AvgIpc) is 2.75. The molecule has 10 nitrogen and oxygen atoms in total. The fourth-order valence-electron chi connectivity index (χ4n) is 3.40. The smallest absolute Gasteiger partial charge is 0.243 e. The Balaban J connectivity index is 1.51. The maximum Gasteiger partial charge on any atom is 0.243 e. The van der Waals surface area contributed by atoms with Crippen molar-refractivity contribution in [3.05, 3.63) is 24.3 Å². The van der Waals surface area contributed by atoms with Gasteiger partial charge in [0, 0.05) is 45.0 Å². The summed E-state index contributed by atoms with van der Waals surface area (Å²) in [5.41, 5.74) is 0.508. The van der Waals surface area contributed by atoms with Crippen molar-refractivity contribution in [2.24, 2.45) is 0 Å². The van der Waals surface area contributed by atoms with Gasteiger partial charge in [0.2, 0.25) is 26.0 Å². The minimum atomic E-state index is -3.57. The van der Waals surface area contributed by atoms with Crippen molar-refractivity contribution in [2.75, 3.05) is 70.1 Å². The second-order valence-electron chi connectivity index (χ2n) is 7.16. The average molecular weight is 461 g/mol. The van der Waals surface area contributed by atoms with Gasteiger partial charge >= 0.3 is 0 Å². The van der Waals surface area contributed by atoms with Crippen molar-refractivity contribution in [1.29, 1.82) is 0 Å². The number of anilines is 1. The normalized spacial score (nSPS) is 20.2. The summed E-state index contributed by atoms with van der Waals surface area (Å²) in [6.07, 6.45) is 0. The minimum absolute atomic E-state index is 0.0741. The molecule has 1 amide bonds. The SMILES string of the molecule is CCS(=O)(=O)N1CCN(CC(=O)Nc2ccc(S(=O)(=O)N3CCOCC3)cc2)CC1. The van der Waals surface area contributed by atoms with Gasteiger partial charge in [-0.3, -0.25) is 9.69 Å². The highest BCUT2D eigenvalue weighted by atomic mass is 32.2. The van der Waals surface area contributed by atoms with Gasteiger partial charge in [-0.2, -0.15) is 8.61 Å². The van der Waals surface area contributed by atoms with Gasteiger partial charge in [-0.15, -0.1) is 0 Å². The number of piperazine rings is 1. The Morgan fingerprint density at radius 2 is 1.53 bits per heavy atom. The van der Waals surface area contributed by atoms with E-state index in [1.165, 1.54) is 20.7 Å². The van der Waals surface area contributed by atoms with E-state index in [0.29, 0.717) is 58.2 Å². The molecule has 2 aliphatic rings. The van der Waals surface area contributed by atoms with Crippen LogP contribution in [0.3, 0.4) is 0 Å². The van der Waals surface area contributed by atoms with Crippen LogP contribution < -0.4 is 5.32 Å². The van der Waals surface area contributed by atoms with E-state index in [4.69, 9.17) is 4.74 Å². The van der Waals surface area contributed by atoms with E-state index in [1.54, 1.807) is 19.1 Å². The molecule has 1 aromatic carbocycles. The van der Waals surface area contributed by atoms with E-state index in [2.05, 4.69) is 5.32 Å². The summed E-state index contributed by atoms with van der Waals surface area (Å²) in [5.74, 6) is -0.157. The lowest BCUT2D eigenvalue weighted by Gasteiger charge is -2.33. The van der Waals surface area contributed by atoms with Gasteiger partial charge in [0.25, 0.3) is 0 Å². The highest BCUT2D eigenvalue weighted by molar-refractivity contribution is 7.89. The molecule has 168 valence electrons. The van der Waals surface area contributed by atoms with Crippen LogP contribution in [0.25, 0.3) is 0 Å². The van der Waals surface area contributed by atoms with Crippen molar-refractivity contribution >= 4 is 31.6 Å². The lowest BCUT2D eigenvalue weighted by atomic mass is 10.3. The predicted molar refractivity (Wildman–Crippen MR) is 112 cm³/mol. The fourth-order valence-corrected chi connectivity index (χ4v) is 5.89. The summed E-state index contributed by atoms with van der Waals surface area (Å²) < 4.78 is 57.1. The van der Waals surface area contributed by atoms with Crippen LogP contribution in [0, 0.1) is 0 Å². The number of morpholine rings is 1. The van der Waals surface area contributed by atoms with Crippen LogP contribution in [-0.4, -0.2) is 101 Å². The predicted octanol–water partition coefficient (Wildman–Crippen LogP) is -0.387. The van der Waals surface area contributed by atoms with Gasteiger partial charge in [-0.25, -0.2) is 16.8 Å². The molecule has 12 heteroatoms. The third-order valence-electron chi connectivity index (χ3n) is 5.20. The zero-order valence-electron chi connectivity index (χ0n) is 17.0. The van der Waals surface area contributed by atoms with E-state index in [-0.39, 0.29) is 23.1 Å². The number of hydrogen-bond donors (Lipinski definition) is 1. The molecular formula is C18H28N4O6S2. The topological polar surface area (TPSA) is 116 Å². The van der Waals surface area contributed by atoms with E-state index >= 15 is 0 Å². The number of sulfonamides is 2. The zero-order chi connectivity index (χ0) is 21.8. The third kappa shape index (κ3) is 5.56. The van der Waals surface area contributed by atoms with Crippen LogP contribution in [0.5, 0.6) is 0 Å². The van der Waals surface area contributed by atoms with Gasteiger partial charge in [0.15, 0.2) is 0 Å². The quantitative estimate of drug-likeness (QED) is 0.589. The number of rotatable bonds is 7. The van der Waals surface area contributed by atoms with Crippen molar-refractivity contribution in [3.8, 4) is 0 Å². The van der Waals surface area contributed by atoms with E-state index in [1.807, 2.05) is 4.90 Å². The minimum Gasteiger partial charge on any atom is -0.379 e. The van der Waals surface area contributed by atoms with Crippen molar-refractivity contribution in [1.82, 2.24) is 13.5 Å². The van der Waals surface area contributed by atoms with Crippen molar-refractivity contribution < 1.29 is 26.4 Å². The van der Waals surface area contributed by atoms with E-state index in [9.17, 15) is 21.6 Å². The number of ether oxygens (including phenoxy) is 1. The van der Waals surface area contributed by atoms with Crippen LogP contribution in [0.1, 0.15) is 6.92 Å². The Kier molecular flexibility index (Phi) is 7.47. The molecule has 30 heavy (non-hydrogen) atoms. The first-order valence-corrected chi connectivity index (χ1v) is 13.0. The second kappa shape index (κ2) is 9.71. The maximum absolute atomic E-state index is 12.6. The van der Waals surface area contributed by atoms with Crippen LogP contribution in [0.2, 0.25) is 0 Å². The summed E-state index contributed by atoms with van der Waals surface area (Å²) in [7, 11) is -6.77. The maximum atomic E-state index is 12.6. The van der Waals surface area contributed by atoms with Crippen LogP contribution >= 0.6 is 0 Å². The van der Waals surface area contributed by atoms with Crippen molar-refractivity contribution in [2.45, 2.75) is 11.8 Å². The van der Waals surface area contributed by atoms with E-state index in [0.717, 1.165) is 0 Å². The Labute approximate surface area is 177 Å². The Bertz CT molecular complexity index is 935. The summed E-state index contributed by atoms with van der Waals surface area (Å²) in [6, 6.07) is 6.09. The molecular weight excluding hydrogens is 432 g/mol. The number of hydrogen-bond acceptors (Lipinski definition) is 7. The molecule has 3 rings (SSSR count). The largest absolute Gasteiger partial charge is 0.379 e. The lowest BCUT2D eigenvalue weighted by molar-refractivity contribution is -0.117. The third-order valence-corrected chi connectivity index (χ3v) is 9.00. The first-order valence-electron chi connectivity index (χ1n) is 9.90. The molecule has 0 aromatic heterocycles. The number of nitrogens with zero attached hydrogens (tertiary/aromatic N) is 3. The molecule has 0 radical (unpaired) electrons. The second-order valence-corrected chi connectivity index (χ2v) is 11.4. The molecule has 2 aliphatic heterocycles. The van der Waals surface area contributed by atoms with Crippen molar-refractivity contribution in [3.63, 3.8) is 0 Å². The van der Waals surface area contributed by atoms with E-state index < -0.39 is 20.0 Å². The molecule has 0 bridgehead atoms.